The Morgan fingerprint density at radius 1 is 1.12 bits per heavy atom. The number of hydrogen-bond acceptors (Lipinski definition) is 5. The molecule has 0 spiro atoms. The van der Waals surface area contributed by atoms with Crippen LogP contribution < -0.4 is 5.43 Å². The zero-order chi connectivity index (χ0) is 23.0. The minimum Gasteiger partial charge on any atom is -0.299 e. The first-order valence-electron chi connectivity index (χ1n) is 11.4. The third kappa shape index (κ3) is 6.24. The molecule has 1 aromatic heterocycles. The summed E-state index contributed by atoms with van der Waals surface area (Å²) in [6.45, 7) is 2.12. The maximum absolute atomic E-state index is 12.4. The van der Waals surface area contributed by atoms with Crippen molar-refractivity contribution in [3.05, 3.63) is 64.7 Å². The van der Waals surface area contributed by atoms with E-state index in [0.717, 1.165) is 41.4 Å². The van der Waals surface area contributed by atoms with E-state index >= 15 is 0 Å². The summed E-state index contributed by atoms with van der Waals surface area (Å²) in [5.41, 5.74) is 5.81. The van der Waals surface area contributed by atoms with Crippen LogP contribution in [0.15, 0.2) is 58.8 Å². The van der Waals surface area contributed by atoms with Crippen molar-refractivity contribution in [3.8, 4) is 11.4 Å². The van der Waals surface area contributed by atoms with Crippen LogP contribution in [0.4, 0.5) is 0 Å². The van der Waals surface area contributed by atoms with Gasteiger partial charge in [0.2, 0.25) is 0 Å². The largest absolute Gasteiger partial charge is 0.299 e. The SMILES string of the molecule is CCc1ccc(C=NNC(=O)CSc2nnc(-c3ccc(Cl)cc3)n2C2CCCCC2)cc1. The predicted molar refractivity (Wildman–Crippen MR) is 135 cm³/mol. The molecule has 0 atom stereocenters. The number of carbonyl (C=O) groups excluding carboxylic acids is 1. The molecule has 0 saturated heterocycles. The van der Waals surface area contributed by atoms with E-state index in [2.05, 4.69) is 44.3 Å². The maximum Gasteiger partial charge on any atom is 0.250 e. The van der Waals surface area contributed by atoms with E-state index in [1.165, 1.54) is 36.6 Å². The molecule has 1 aliphatic carbocycles. The fraction of sp³-hybridized carbons (Fsp3) is 0.360. The van der Waals surface area contributed by atoms with Crippen LogP contribution in [0.5, 0.6) is 0 Å². The molecule has 1 amide bonds. The third-order valence-corrected chi connectivity index (χ3v) is 7.03. The van der Waals surface area contributed by atoms with E-state index in [1.807, 2.05) is 36.4 Å². The van der Waals surface area contributed by atoms with Gasteiger partial charge in [-0.05, 0) is 54.7 Å². The smallest absolute Gasteiger partial charge is 0.250 e. The Balaban J connectivity index is 1.42. The highest BCUT2D eigenvalue weighted by Crippen LogP contribution is 2.35. The molecule has 1 aliphatic rings. The van der Waals surface area contributed by atoms with Gasteiger partial charge in [-0.1, -0.05) is 73.8 Å². The molecule has 0 unspecified atom stereocenters. The number of hydrogen-bond donors (Lipinski definition) is 1. The molecule has 6 nitrogen and oxygen atoms in total. The molecule has 2 aromatic carbocycles. The van der Waals surface area contributed by atoms with Crippen molar-refractivity contribution in [2.75, 3.05) is 5.75 Å². The van der Waals surface area contributed by atoms with E-state index in [-0.39, 0.29) is 11.7 Å². The van der Waals surface area contributed by atoms with Crippen molar-refractivity contribution in [1.29, 1.82) is 0 Å². The van der Waals surface area contributed by atoms with Gasteiger partial charge >= 0.3 is 0 Å². The summed E-state index contributed by atoms with van der Waals surface area (Å²) in [6, 6.07) is 16.1. The van der Waals surface area contributed by atoms with Gasteiger partial charge in [-0.15, -0.1) is 10.2 Å². The van der Waals surface area contributed by atoms with E-state index in [0.29, 0.717) is 11.1 Å². The van der Waals surface area contributed by atoms with Crippen molar-refractivity contribution >= 4 is 35.5 Å². The van der Waals surface area contributed by atoms with E-state index in [4.69, 9.17) is 11.6 Å². The second-order valence-corrected chi connectivity index (χ2v) is 9.53. The first-order valence-corrected chi connectivity index (χ1v) is 12.7. The average Bonchev–Trinajstić information content (AvgIpc) is 3.28. The monoisotopic (exact) mass is 481 g/mol. The number of thioether (sulfide) groups is 1. The molecule has 8 heteroatoms. The van der Waals surface area contributed by atoms with Crippen LogP contribution in [0, 0.1) is 0 Å². The van der Waals surface area contributed by atoms with Crippen molar-refractivity contribution in [2.24, 2.45) is 5.10 Å². The van der Waals surface area contributed by atoms with Crippen LogP contribution in [0.25, 0.3) is 11.4 Å². The Kier molecular flexibility index (Phi) is 8.18. The van der Waals surface area contributed by atoms with E-state index in [1.54, 1.807) is 6.21 Å². The summed E-state index contributed by atoms with van der Waals surface area (Å²) in [6.07, 6.45) is 8.50. The lowest BCUT2D eigenvalue weighted by Gasteiger charge is -2.25. The standard InChI is InChI=1S/C25H28ClN5OS/c1-2-18-8-10-19(11-9-18)16-27-28-23(32)17-33-25-30-29-24(20-12-14-21(26)15-13-20)31(25)22-6-4-3-5-7-22/h8-16,22H,2-7,17H2,1H3,(H,28,32). The average molecular weight is 482 g/mol. The number of nitrogens with zero attached hydrogens (tertiary/aromatic N) is 4. The minimum absolute atomic E-state index is 0.173. The van der Waals surface area contributed by atoms with Crippen molar-refractivity contribution in [3.63, 3.8) is 0 Å². The number of aromatic nitrogens is 3. The lowest BCUT2D eigenvalue weighted by molar-refractivity contribution is -0.118. The molecule has 0 aliphatic heterocycles. The maximum atomic E-state index is 12.4. The molecular formula is C25H28ClN5OS. The summed E-state index contributed by atoms with van der Waals surface area (Å²) in [5, 5.41) is 14.4. The quantitative estimate of drug-likeness (QED) is 0.246. The summed E-state index contributed by atoms with van der Waals surface area (Å²) >= 11 is 7.46. The molecule has 0 radical (unpaired) electrons. The molecule has 1 heterocycles. The van der Waals surface area contributed by atoms with Crippen LogP contribution in [0.2, 0.25) is 5.02 Å². The number of halogens is 1. The molecule has 1 N–H and O–H groups in total. The highest BCUT2D eigenvalue weighted by Gasteiger charge is 2.24. The van der Waals surface area contributed by atoms with Crippen LogP contribution in [0.3, 0.4) is 0 Å². The zero-order valence-corrected chi connectivity index (χ0v) is 20.3. The second-order valence-electron chi connectivity index (χ2n) is 8.15. The Morgan fingerprint density at radius 3 is 2.55 bits per heavy atom. The number of carbonyl (C=O) groups is 1. The fourth-order valence-electron chi connectivity index (χ4n) is 4.02. The number of amides is 1. The topological polar surface area (TPSA) is 72.2 Å². The van der Waals surface area contributed by atoms with Gasteiger partial charge in [0.1, 0.15) is 0 Å². The summed E-state index contributed by atoms with van der Waals surface area (Å²) in [5.74, 6) is 0.875. The molecule has 1 fully saturated rings. The van der Waals surface area contributed by atoms with Gasteiger partial charge in [0, 0.05) is 16.6 Å². The lowest BCUT2D eigenvalue weighted by Crippen LogP contribution is -2.20. The number of rotatable bonds is 8. The van der Waals surface area contributed by atoms with Gasteiger partial charge in [0.05, 0.1) is 12.0 Å². The molecule has 0 bridgehead atoms. The Bertz CT molecular complexity index is 1090. The molecule has 172 valence electrons. The van der Waals surface area contributed by atoms with Gasteiger partial charge in [-0.25, -0.2) is 5.43 Å². The summed E-state index contributed by atoms with van der Waals surface area (Å²) < 4.78 is 2.21. The van der Waals surface area contributed by atoms with Crippen molar-refractivity contribution < 1.29 is 4.79 Å². The first-order chi connectivity index (χ1) is 16.1. The minimum atomic E-state index is -0.173. The summed E-state index contributed by atoms with van der Waals surface area (Å²) in [7, 11) is 0. The molecule has 33 heavy (non-hydrogen) atoms. The first kappa shape index (κ1) is 23.5. The highest BCUT2D eigenvalue weighted by molar-refractivity contribution is 7.99. The van der Waals surface area contributed by atoms with Gasteiger partial charge in [-0.3, -0.25) is 9.36 Å². The van der Waals surface area contributed by atoms with Gasteiger partial charge in [0.15, 0.2) is 11.0 Å². The second kappa shape index (κ2) is 11.5. The number of benzene rings is 2. The molecular weight excluding hydrogens is 454 g/mol. The van der Waals surface area contributed by atoms with Crippen molar-refractivity contribution in [2.45, 2.75) is 56.6 Å². The number of aryl methyl sites for hydroxylation is 1. The van der Waals surface area contributed by atoms with Crippen LogP contribution in [0.1, 0.15) is 56.2 Å². The van der Waals surface area contributed by atoms with Crippen LogP contribution >= 0.6 is 23.4 Å². The van der Waals surface area contributed by atoms with E-state index in [9.17, 15) is 4.79 Å². The molecule has 4 rings (SSSR count). The normalized spacial score (nSPS) is 14.6. The highest BCUT2D eigenvalue weighted by atomic mass is 35.5. The summed E-state index contributed by atoms with van der Waals surface area (Å²) in [4.78, 5) is 12.4. The fourth-order valence-corrected chi connectivity index (χ4v) is 4.94. The van der Waals surface area contributed by atoms with Crippen LogP contribution in [-0.2, 0) is 11.2 Å². The molecule has 1 saturated carbocycles. The zero-order valence-electron chi connectivity index (χ0n) is 18.7. The Morgan fingerprint density at radius 2 is 1.85 bits per heavy atom. The van der Waals surface area contributed by atoms with Crippen molar-refractivity contribution in [1.82, 2.24) is 20.2 Å². The Hall–Kier alpha value is -2.64. The molecule has 3 aromatic rings. The van der Waals surface area contributed by atoms with Gasteiger partial charge < -0.3 is 0 Å². The van der Waals surface area contributed by atoms with Gasteiger partial charge in [-0.2, -0.15) is 5.10 Å². The number of hydrazone groups is 1. The van der Waals surface area contributed by atoms with E-state index < -0.39 is 0 Å². The number of nitrogens with one attached hydrogen (secondary N) is 1. The van der Waals surface area contributed by atoms with Crippen LogP contribution in [-0.4, -0.2) is 32.6 Å². The Labute approximate surface area is 203 Å². The predicted octanol–water partition coefficient (Wildman–Crippen LogP) is 5.91. The van der Waals surface area contributed by atoms with Gasteiger partial charge in [0.25, 0.3) is 5.91 Å². The lowest BCUT2D eigenvalue weighted by atomic mass is 9.95. The third-order valence-electron chi connectivity index (χ3n) is 5.83.